The molecular weight excluding hydrogens is 266 g/mol. The number of likely N-dealkylation sites (N-methyl/N-ethyl adjacent to an activating group) is 1. The molecule has 1 saturated carbocycles. The quantitative estimate of drug-likeness (QED) is 0.494. The van der Waals surface area contributed by atoms with Crippen molar-refractivity contribution in [3.8, 4) is 0 Å². The van der Waals surface area contributed by atoms with Crippen molar-refractivity contribution in [2.75, 3.05) is 25.1 Å². The first-order valence-corrected chi connectivity index (χ1v) is 7.67. The Hall–Kier alpha value is -1.66. The van der Waals surface area contributed by atoms with Gasteiger partial charge in [0.2, 0.25) is 0 Å². The van der Waals surface area contributed by atoms with Crippen molar-refractivity contribution in [3.05, 3.63) is 23.4 Å². The maximum atomic E-state index is 12.2. The third-order valence-corrected chi connectivity index (χ3v) is 3.80. The van der Waals surface area contributed by atoms with Crippen molar-refractivity contribution >= 4 is 11.7 Å². The Balaban J connectivity index is 1.90. The van der Waals surface area contributed by atoms with Gasteiger partial charge < -0.3 is 10.7 Å². The molecule has 6 heteroatoms. The molecule has 21 heavy (non-hydrogen) atoms. The molecule has 1 fully saturated rings. The van der Waals surface area contributed by atoms with E-state index in [1.807, 2.05) is 13.0 Å². The average molecular weight is 291 g/mol. The first-order valence-electron chi connectivity index (χ1n) is 7.67. The molecule has 1 amide bonds. The first-order chi connectivity index (χ1) is 10.2. The van der Waals surface area contributed by atoms with E-state index in [2.05, 4.69) is 27.6 Å². The molecule has 2 rings (SSSR count). The molecule has 4 N–H and O–H groups in total. The Bertz CT molecular complexity index is 465. The number of hydrazine groups is 1. The summed E-state index contributed by atoms with van der Waals surface area (Å²) in [7, 11) is 0. The summed E-state index contributed by atoms with van der Waals surface area (Å²) in [4.78, 5) is 18.9. The monoisotopic (exact) mass is 291 g/mol. The molecule has 0 spiro atoms. The Morgan fingerprint density at radius 2 is 2.19 bits per heavy atom. The highest BCUT2D eigenvalue weighted by Gasteiger charge is 2.27. The molecule has 0 saturated heterocycles. The fourth-order valence-electron chi connectivity index (χ4n) is 2.43. The molecule has 116 valence electrons. The molecule has 0 unspecified atom stereocenters. The summed E-state index contributed by atoms with van der Waals surface area (Å²) in [5.41, 5.74) is 3.96. The summed E-state index contributed by atoms with van der Waals surface area (Å²) in [6.45, 7) is 6.77. The number of amides is 1. The van der Waals surface area contributed by atoms with Crippen LogP contribution in [0, 0.1) is 0 Å². The zero-order valence-electron chi connectivity index (χ0n) is 12.9. The Morgan fingerprint density at radius 3 is 2.76 bits per heavy atom. The summed E-state index contributed by atoms with van der Waals surface area (Å²) >= 11 is 0. The van der Waals surface area contributed by atoms with Crippen LogP contribution in [0.1, 0.15) is 42.7 Å². The summed E-state index contributed by atoms with van der Waals surface area (Å²) in [5.74, 6) is 5.84. The van der Waals surface area contributed by atoms with Crippen LogP contribution in [-0.2, 0) is 6.42 Å². The lowest BCUT2D eigenvalue weighted by Gasteiger charge is -2.19. The number of carbonyl (C=O) groups excluding carboxylic acids is 1. The molecular formula is C15H25N5O. The average Bonchev–Trinajstić information content (AvgIpc) is 3.35. The number of nitrogens with zero attached hydrogens (tertiary/aromatic N) is 2. The zero-order valence-corrected chi connectivity index (χ0v) is 12.9. The van der Waals surface area contributed by atoms with Crippen LogP contribution in [-0.4, -0.2) is 41.5 Å². The maximum Gasteiger partial charge on any atom is 0.251 e. The van der Waals surface area contributed by atoms with Gasteiger partial charge in [0.1, 0.15) is 5.82 Å². The topological polar surface area (TPSA) is 83.3 Å². The van der Waals surface area contributed by atoms with Crippen molar-refractivity contribution < 1.29 is 4.79 Å². The largest absolute Gasteiger partial charge is 0.351 e. The van der Waals surface area contributed by atoms with E-state index in [1.54, 1.807) is 6.07 Å². The Labute approximate surface area is 126 Å². The fraction of sp³-hybridized carbons (Fsp3) is 0.600. The van der Waals surface area contributed by atoms with Gasteiger partial charge in [0, 0.05) is 30.4 Å². The second-order valence-corrected chi connectivity index (χ2v) is 5.35. The molecule has 0 aliphatic heterocycles. The minimum Gasteiger partial charge on any atom is -0.351 e. The number of hydrogen-bond acceptors (Lipinski definition) is 5. The van der Waals surface area contributed by atoms with Gasteiger partial charge in [0.25, 0.3) is 5.91 Å². The molecule has 0 atom stereocenters. The van der Waals surface area contributed by atoms with E-state index in [0.717, 1.165) is 31.2 Å². The van der Waals surface area contributed by atoms with Crippen molar-refractivity contribution in [2.24, 2.45) is 5.84 Å². The lowest BCUT2D eigenvalue weighted by atomic mass is 10.2. The molecule has 0 bridgehead atoms. The highest BCUT2D eigenvalue weighted by Crippen LogP contribution is 2.25. The molecule has 0 aromatic carbocycles. The third-order valence-electron chi connectivity index (χ3n) is 3.80. The number of aryl methyl sites for hydroxylation is 1. The molecule has 1 aromatic rings. The van der Waals surface area contributed by atoms with Crippen molar-refractivity contribution in [2.45, 2.75) is 39.2 Å². The van der Waals surface area contributed by atoms with Crippen LogP contribution in [0.3, 0.4) is 0 Å². The van der Waals surface area contributed by atoms with Gasteiger partial charge in [-0.2, -0.15) is 0 Å². The van der Waals surface area contributed by atoms with Crippen LogP contribution in [0.4, 0.5) is 5.82 Å². The number of carbonyl (C=O) groups is 1. The van der Waals surface area contributed by atoms with Crippen molar-refractivity contribution in [1.82, 2.24) is 15.2 Å². The van der Waals surface area contributed by atoms with Crippen LogP contribution in [0.5, 0.6) is 0 Å². The summed E-state index contributed by atoms with van der Waals surface area (Å²) in [5, 5.41) is 2.97. The van der Waals surface area contributed by atoms with E-state index in [1.165, 1.54) is 12.8 Å². The number of nitrogens with one attached hydrogen (secondary N) is 2. The van der Waals surface area contributed by atoms with Gasteiger partial charge in [-0.05, 0) is 37.9 Å². The number of anilines is 1. The van der Waals surface area contributed by atoms with Crippen LogP contribution >= 0.6 is 0 Å². The van der Waals surface area contributed by atoms with Gasteiger partial charge in [-0.25, -0.2) is 10.8 Å². The van der Waals surface area contributed by atoms with E-state index in [9.17, 15) is 4.79 Å². The van der Waals surface area contributed by atoms with Crippen LogP contribution in [0.15, 0.2) is 12.1 Å². The normalized spacial score (nSPS) is 14.3. The van der Waals surface area contributed by atoms with Crippen molar-refractivity contribution in [3.63, 3.8) is 0 Å². The first kappa shape index (κ1) is 15.7. The number of nitrogens with two attached hydrogens (primary N) is 1. The highest BCUT2D eigenvalue weighted by atomic mass is 16.1. The number of nitrogen functional groups attached to an aromatic ring is 1. The van der Waals surface area contributed by atoms with Crippen LogP contribution in [0.25, 0.3) is 0 Å². The summed E-state index contributed by atoms with van der Waals surface area (Å²) in [6.07, 6.45) is 3.34. The summed E-state index contributed by atoms with van der Waals surface area (Å²) < 4.78 is 0. The van der Waals surface area contributed by atoms with E-state index in [0.29, 0.717) is 17.9 Å². The second-order valence-electron chi connectivity index (χ2n) is 5.35. The Kier molecular flexibility index (Phi) is 5.52. The van der Waals surface area contributed by atoms with Gasteiger partial charge in [-0.1, -0.05) is 13.8 Å². The van der Waals surface area contributed by atoms with Crippen LogP contribution in [0.2, 0.25) is 0 Å². The van der Waals surface area contributed by atoms with E-state index >= 15 is 0 Å². The van der Waals surface area contributed by atoms with Gasteiger partial charge in [-0.3, -0.25) is 9.69 Å². The number of rotatable bonds is 8. The molecule has 1 aromatic heterocycles. The predicted octanol–water partition coefficient (Wildman–Crippen LogP) is 1.14. The molecule has 1 heterocycles. The smallest absolute Gasteiger partial charge is 0.251 e. The van der Waals surface area contributed by atoms with Gasteiger partial charge >= 0.3 is 0 Å². The minimum absolute atomic E-state index is 0.0737. The maximum absolute atomic E-state index is 12.2. The lowest BCUT2D eigenvalue weighted by molar-refractivity contribution is 0.0948. The zero-order chi connectivity index (χ0) is 15.2. The highest BCUT2D eigenvalue weighted by molar-refractivity contribution is 5.95. The minimum atomic E-state index is -0.0737. The van der Waals surface area contributed by atoms with E-state index in [4.69, 9.17) is 5.84 Å². The van der Waals surface area contributed by atoms with Gasteiger partial charge in [-0.15, -0.1) is 0 Å². The van der Waals surface area contributed by atoms with E-state index < -0.39 is 0 Å². The SMILES string of the molecule is CCc1cc(C(=O)NCCN(CC)C2CC2)cc(NN)n1. The van der Waals surface area contributed by atoms with E-state index in [-0.39, 0.29) is 5.91 Å². The van der Waals surface area contributed by atoms with Crippen molar-refractivity contribution in [1.29, 1.82) is 0 Å². The molecule has 1 aliphatic rings. The lowest BCUT2D eigenvalue weighted by Crippen LogP contribution is -2.36. The predicted molar refractivity (Wildman–Crippen MR) is 84.0 cm³/mol. The number of hydrogen-bond donors (Lipinski definition) is 3. The molecule has 0 radical (unpaired) electrons. The summed E-state index contributed by atoms with van der Waals surface area (Å²) in [6, 6.07) is 4.22. The van der Waals surface area contributed by atoms with Crippen LogP contribution < -0.4 is 16.6 Å². The van der Waals surface area contributed by atoms with Gasteiger partial charge in [0.15, 0.2) is 0 Å². The standard InChI is InChI=1S/C15H25N5O/c1-3-12-9-11(10-14(18-12)19-16)15(21)17-7-8-20(4-2)13-5-6-13/h9-10,13H,3-8,16H2,1-2H3,(H,17,21)(H,18,19). The number of aromatic nitrogens is 1. The third kappa shape index (κ3) is 4.41. The fourth-order valence-corrected chi connectivity index (χ4v) is 2.43. The molecule has 6 nitrogen and oxygen atoms in total. The second kappa shape index (κ2) is 7.38. The molecule has 1 aliphatic carbocycles. The van der Waals surface area contributed by atoms with Gasteiger partial charge in [0.05, 0.1) is 0 Å². The number of pyridine rings is 1. The Morgan fingerprint density at radius 1 is 1.43 bits per heavy atom.